The second-order valence-electron chi connectivity index (χ2n) is 7.81. The van der Waals surface area contributed by atoms with Crippen LogP contribution in [0.1, 0.15) is 12.0 Å². The molecule has 3 aromatic rings. The van der Waals surface area contributed by atoms with Gasteiger partial charge in [-0.15, -0.1) is 0 Å². The third-order valence-electron chi connectivity index (χ3n) is 5.00. The van der Waals surface area contributed by atoms with Crippen molar-refractivity contribution in [2.75, 3.05) is 38.2 Å². The molecule has 1 aliphatic rings. The van der Waals surface area contributed by atoms with Gasteiger partial charge in [-0.25, -0.2) is 18.6 Å². The van der Waals surface area contributed by atoms with Crippen LogP contribution in [-0.2, 0) is 14.5 Å². The summed E-state index contributed by atoms with van der Waals surface area (Å²) < 4.78 is 47.4. The molecule has 0 radical (unpaired) electrons. The predicted octanol–water partition coefficient (Wildman–Crippen LogP) is 4.36. The van der Waals surface area contributed by atoms with Crippen LogP contribution in [0.3, 0.4) is 0 Å². The molecule has 1 aromatic heterocycles. The largest absolute Gasteiger partial charge is 0.494 e. The number of rotatable bonds is 6. The molecule has 0 bridgehead atoms. The lowest BCUT2D eigenvalue weighted by Crippen LogP contribution is -2.16. The average molecular weight is 461 g/mol. The number of hydrogen-bond acceptors (Lipinski definition) is 8. The Bertz CT molecular complexity index is 1280. The highest BCUT2D eigenvalue weighted by molar-refractivity contribution is 7.92. The quantitative estimate of drug-likeness (QED) is 0.584. The van der Waals surface area contributed by atoms with E-state index in [0.717, 1.165) is 12.0 Å². The van der Waals surface area contributed by atoms with Gasteiger partial charge in [0.05, 0.1) is 31.5 Å². The molecular weight excluding hydrogens is 435 g/mol. The number of halogens is 1. The van der Waals surface area contributed by atoms with E-state index in [1.807, 2.05) is 6.92 Å². The lowest BCUT2D eigenvalue weighted by Gasteiger charge is -2.18. The van der Waals surface area contributed by atoms with Crippen LogP contribution >= 0.6 is 0 Å². The van der Waals surface area contributed by atoms with E-state index in [9.17, 15) is 8.60 Å². The summed E-state index contributed by atoms with van der Waals surface area (Å²) in [6, 6.07) is 6.02. The molecule has 1 atom stereocenters. The number of nitrogens with one attached hydrogen (secondary N) is 1. The molecule has 0 unspecified atom stereocenters. The third kappa shape index (κ3) is 4.76. The van der Waals surface area contributed by atoms with Gasteiger partial charge in [0.15, 0.2) is 0 Å². The normalized spacial score (nSPS) is 16.2. The fraction of sp³-hybridized carbons (Fsp3) is 0.364. The Balaban J connectivity index is 1.80. The Morgan fingerprint density at radius 1 is 1.28 bits per heavy atom. The maximum Gasteiger partial charge on any atom is 0.149 e. The lowest BCUT2D eigenvalue weighted by atomic mass is 10.1. The summed E-state index contributed by atoms with van der Waals surface area (Å²) in [6.07, 6.45) is 5.15. The van der Waals surface area contributed by atoms with Crippen molar-refractivity contribution in [1.29, 1.82) is 0 Å². The van der Waals surface area contributed by atoms with Gasteiger partial charge in [0, 0.05) is 45.7 Å². The van der Waals surface area contributed by atoms with E-state index in [-0.39, 0.29) is 6.10 Å². The van der Waals surface area contributed by atoms with E-state index in [1.54, 1.807) is 24.6 Å². The number of nitrogens with zero attached hydrogens (tertiary/aromatic N) is 3. The van der Waals surface area contributed by atoms with E-state index >= 15 is 0 Å². The number of anilines is 2. The van der Waals surface area contributed by atoms with Crippen LogP contribution in [0.15, 0.2) is 35.0 Å². The fourth-order valence-corrected chi connectivity index (χ4v) is 4.26. The molecular formula is C22H25FN4O4S. The topological polar surface area (TPSA) is 94.9 Å². The van der Waals surface area contributed by atoms with Crippen LogP contribution in [-0.4, -0.2) is 53.1 Å². The van der Waals surface area contributed by atoms with E-state index in [1.165, 1.54) is 25.6 Å². The Hall–Kier alpha value is -2.98. The molecule has 1 fully saturated rings. The average Bonchev–Trinajstić information content (AvgIpc) is 3.22. The van der Waals surface area contributed by atoms with Gasteiger partial charge in [-0.05, 0) is 25.1 Å². The zero-order valence-corrected chi connectivity index (χ0v) is 19.2. The minimum Gasteiger partial charge on any atom is -0.494 e. The van der Waals surface area contributed by atoms with E-state index in [2.05, 4.69) is 19.6 Å². The molecule has 0 spiro atoms. The first-order valence-corrected chi connectivity index (χ1v) is 12.4. The highest BCUT2D eigenvalue weighted by atomic mass is 32.2. The van der Waals surface area contributed by atoms with Crippen LogP contribution in [0, 0.1) is 12.7 Å². The van der Waals surface area contributed by atoms with E-state index in [0.29, 0.717) is 52.8 Å². The van der Waals surface area contributed by atoms with Crippen molar-refractivity contribution in [2.24, 2.45) is 4.36 Å². The maximum atomic E-state index is 13.9. The minimum atomic E-state index is -2.40. The Morgan fingerprint density at radius 3 is 2.78 bits per heavy atom. The summed E-state index contributed by atoms with van der Waals surface area (Å²) in [5.74, 6) is 0.972. The van der Waals surface area contributed by atoms with Crippen LogP contribution in [0.4, 0.5) is 21.6 Å². The molecule has 10 heteroatoms. The fourth-order valence-electron chi connectivity index (χ4n) is 3.65. The maximum absolute atomic E-state index is 13.9. The molecule has 1 N–H and O–H groups in total. The van der Waals surface area contributed by atoms with Gasteiger partial charge >= 0.3 is 0 Å². The summed E-state index contributed by atoms with van der Waals surface area (Å²) in [7, 11) is -0.867. The number of fused-ring (bicyclic) bond motifs is 1. The van der Waals surface area contributed by atoms with Crippen LogP contribution in [0.2, 0.25) is 0 Å². The molecule has 170 valence electrons. The second kappa shape index (κ2) is 8.87. The Morgan fingerprint density at radius 2 is 2.09 bits per heavy atom. The van der Waals surface area contributed by atoms with Crippen LogP contribution in [0.25, 0.3) is 10.9 Å². The van der Waals surface area contributed by atoms with Crippen molar-refractivity contribution < 1.29 is 22.8 Å². The predicted molar refractivity (Wildman–Crippen MR) is 122 cm³/mol. The molecule has 0 aliphatic carbocycles. The zero-order valence-electron chi connectivity index (χ0n) is 18.3. The van der Waals surface area contributed by atoms with Crippen molar-refractivity contribution in [2.45, 2.75) is 19.4 Å². The van der Waals surface area contributed by atoms with Crippen molar-refractivity contribution in [3.63, 3.8) is 0 Å². The molecule has 0 saturated carbocycles. The standard InChI is InChI=1S/C22H25FN4O4S/c1-13-20-17(10-18(21(13)29-2)27-32(3,4)28)24-12-25-22(20)26-16-6-5-14(23)9-19(16)31-15-7-8-30-11-15/h5-6,9-10,12,15H,7-8,11H2,1-4H3,(H,24,25,26)/t15-/m1/s1. The number of aromatic nitrogens is 2. The van der Waals surface area contributed by atoms with Crippen LogP contribution in [0.5, 0.6) is 11.5 Å². The third-order valence-corrected chi connectivity index (χ3v) is 5.64. The molecule has 32 heavy (non-hydrogen) atoms. The first kappa shape index (κ1) is 22.2. The summed E-state index contributed by atoms with van der Waals surface area (Å²) in [5.41, 5.74) is 2.38. The SMILES string of the molecule is COc1c(N=S(C)(C)=O)cc2ncnc(Nc3ccc(F)cc3O[C@@H]3CCOC3)c2c1C. The van der Waals surface area contributed by atoms with Crippen LogP contribution < -0.4 is 14.8 Å². The van der Waals surface area contributed by atoms with E-state index in [4.69, 9.17) is 14.2 Å². The van der Waals surface area contributed by atoms with Crippen molar-refractivity contribution in [1.82, 2.24) is 9.97 Å². The first-order chi connectivity index (χ1) is 15.2. The van der Waals surface area contributed by atoms with Gasteiger partial charge in [0.2, 0.25) is 0 Å². The summed E-state index contributed by atoms with van der Waals surface area (Å²) in [6.45, 7) is 2.94. The number of ether oxygens (including phenoxy) is 3. The van der Waals surface area contributed by atoms with Gasteiger partial charge in [0.1, 0.15) is 41.3 Å². The molecule has 4 rings (SSSR count). The number of aryl methyl sites for hydroxylation is 1. The Kier molecular flexibility index (Phi) is 6.16. The highest BCUT2D eigenvalue weighted by Crippen LogP contribution is 2.40. The number of methoxy groups -OCH3 is 1. The van der Waals surface area contributed by atoms with Crippen molar-refractivity contribution in [3.05, 3.63) is 42.0 Å². The van der Waals surface area contributed by atoms with Crippen molar-refractivity contribution >= 4 is 37.8 Å². The number of benzene rings is 2. The van der Waals surface area contributed by atoms with Gasteiger partial charge in [-0.3, -0.25) is 0 Å². The van der Waals surface area contributed by atoms with Crippen molar-refractivity contribution in [3.8, 4) is 11.5 Å². The molecule has 1 saturated heterocycles. The second-order valence-corrected chi connectivity index (χ2v) is 10.4. The zero-order chi connectivity index (χ0) is 22.9. The number of hydrogen-bond donors (Lipinski definition) is 1. The minimum absolute atomic E-state index is 0.136. The van der Waals surface area contributed by atoms with Gasteiger partial charge in [-0.2, -0.15) is 4.36 Å². The molecule has 2 aromatic carbocycles. The Labute approximate surface area is 186 Å². The summed E-state index contributed by atoms with van der Waals surface area (Å²) in [5, 5.41) is 3.96. The first-order valence-electron chi connectivity index (χ1n) is 10.1. The van der Waals surface area contributed by atoms with E-state index < -0.39 is 15.5 Å². The highest BCUT2D eigenvalue weighted by Gasteiger charge is 2.21. The van der Waals surface area contributed by atoms with Gasteiger partial charge in [0.25, 0.3) is 0 Å². The monoisotopic (exact) mass is 460 g/mol. The molecule has 1 aliphatic heterocycles. The lowest BCUT2D eigenvalue weighted by molar-refractivity contribution is 0.141. The molecule has 0 amide bonds. The van der Waals surface area contributed by atoms with Gasteiger partial charge in [-0.1, -0.05) is 0 Å². The van der Waals surface area contributed by atoms with Gasteiger partial charge < -0.3 is 19.5 Å². The molecule has 2 heterocycles. The molecule has 8 nitrogen and oxygen atoms in total. The summed E-state index contributed by atoms with van der Waals surface area (Å²) in [4.78, 5) is 8.76. The smallest absolute Gasteiger partial charge is 0.149 e. The summed E-state index contributed by atoms with van der Waals surface area (Å²) >= 11 is 0.